The monoisotopic (exact) mass is 455 g/mol. The van der Waals surface area contributed by atoms with Gasteiger partial charge in [0.2, 0.25) is 5.91 Å². The number of urea groups is 1. The Labute approximate surface area is 194 Å². The van der Waals surface area contributed by atoms with E-state index < -0.39 is 0 Å². The van der Waals surface area contributed by atoms with Crippen LogP contribution in [0.5, 0.6) is 5.75 Å². The Bertz CT molecular complexity index is 979. The number of carbonyl (C=O) groups is 2. The number of piperidine rings is 1. The second kappa shape index (κ2) is 9.82. The van der Waals surface area contributed by atoms with Gasteiger partial charge in [-0.2, -0.15) is 0 Å². The molecule has 0 spiro atoms. The molecule has 7 heteroatoms. The molecule has 0 saturated carbocycles. The van der Waals surface area contributed by atoms with Crippen molar-refractivity contribution in [3.63, 3.8) is 0 Å². The standard InChI is InChI=1S/C25H30ClN3O3/c1-17-5-10-23-22(14-17)29(15-18(2)32-23)25(31)28-13-3-4-20(16-28)24(30)27-12-11-19-6-8-21(26)9-7-19/h5-10,14,18,20H,3-4,11-13,15-16H2,1-2H3,(H,27,30). The normalized spacial score (nSPS) is 20.3. The zero-order valence-electron chi connectivity index (χ0n) is 18.6. The molecule has 4 rings (SSSR count). The number of benzene rings is 2. The summed E-state index contributed by atoms with van der Waals surface area (Å²) in [6.45, 7) is 6.16. The molecule has 3 amide bonds. The lowest BCUT2D eigenvalue weighted by Gasteiger charge is -2.39. The van der Waals surface area contributed by atoms with E-state index in [0.29, 0.717) is 31.2 Å². The van der Waals surface area contributed by atoms with Crippen LogP contribution >= 0.6 is 11.6 Å². The molecule has 2 aromatic rings. The summed E-state index contributed by atoms with van der Waals surface area (Å²) in [5, 5.41) is 3.75. The number of aryl methyl sites for hydroxylation is 1. The van der Waals surface area contributed by atoms with E-state index in [4.69, 9.17) is 16.3 Å². The largest absolute Gasteiger partial charge is 0.487 e. The molecule has 2 heterocycles. The molecule has 1 saturated heterocycles. The molecule has 0 aliphatic carbocycles. The molecule has 170 valence electrons. The minimum Gasteiger partial charge on any atom is -0.487 e. The summed E-state index contributed by atoms with van der Waals surface area (Å²) in [5.41, 5.74) is 3.02. The van der Waals surface area contributed by atoms with Gasteiger partial charge in [-0.05, 0) is 68.5 Å². The first-order valence-electron chi connectivity index (χ1n) is 11.3. The van der Waals surface area contributed by atoms with E-state index >= 15 is 0 Å². The number of ether oxygens (including phenoxy) is 1. The Balaban J connectivity index is 1.36. The third-order valence-corrected chi connectivity index (χ3v) is 6.34. The van der Waals surface area contributed by atoms with E-state index in [1.165, 1.54) is 0 Å². The molecule has 2 aromatic carbocycles. The average Bonchev–Trinajstić information content (AvgIpc) is 2.79. The minimum atomic E-state index is -0.187. The van der Waals surface area contributed by atoms with Crippen molar-refractivity contribution in [3.05, 3.63) is 58.6 Å². The van der Waals surface area contributed by atoms with Crippen LogP contribution in [0.3, 0.4) is 0 Å². The summed E-state index contributed by atoms with van der Waals surface area (Å²) >= 11 is 5.92. The summed E-state index contributed by atoms with van der Waals surface area (Å²) in [6, 6.07) is 13.5. The van der Waals surface area contributed by atoms with Gasteiger partial charge in [-0.3, -0.25) is 9.69 Å². The number of nitrogens with one attached hydrogen (secondary N) is 1. The van der Waals surface area contributed by atoms with E-state index in [0.717, 1.165) is 41.8 Å². The summed E-state index contributed by atoms with van der Waals surface area (Å²) < 4.78 is 5.92. The number of likely N-dealkylation sites (tertiary alicyclic amines) is 1. The third-order valence-electron chi connectivity index (χ3n) is 6.09. The fraction of sp³-hybridized carbons (Fsp3) is 0.440. The molecule has 32 heavy (non-hydrogen) atoms. The van der Waals surface area contributed by atoms with Crippen molar-refractivity contribution >= 4 is 29.2 Å². The molecule has 2 aliphatic heterocycles. The first-order valence-corrected chi connectivity index (χ1v) is 11.6. The van der Waals surface area contributed by atoms with Crippen molar-refractivity contribution in [1.82, 2.24) is 10.2 Å². The maximum absolute atomic E-state index is 13.4. The highest BCUT2D eigenvalue weighted by Crippen LogP contribution is 2.35. The quantitative estimate of drug-likeness (QED) is 0.742. The van der Waals surface area contributed by atoms with Gasteiger partial charge in [0.1, 0.15) is 11.9 Å². The summed E-state index contributed by atoms with van der Waals surface area (Å²) in [5.74, 6) is 0.563. The smallest absolute Gasteiger partial charge is 0.324 e. The van der Waals surface area contributed by atoms with Crippen LogP contribution in [0.4, 0.5) is 10.5 Å². The lowest BCUT2D eigenvalue weighted by molar-refractivity contribution is -0.126. The summed E-state index contributed by atoms with van der Waals surface area (Å²) in [4.78, 5) is 29.8. The van der Waals surface area contributed by atoms with E-state index in [9.17, 15) is 9.59 Å². The van der Waals surface area contributed by atoms with Gasteiger partial charge < -0.3 is 15.0 Å². The zero-order chi connectivity index (χ0) is 22.7. The fourth-order valence-corrected chi connectivity index (χ4v) is 4.52. The Morgan fingerprint density at radius 2 is 1.94 bits per heavy atom. The second-order valence-electron chi connectivity index (χ2n) is 8.75. The number of fused-ring (bicyclic) bond motifs is 1. The van der Waals surface area contributed by atoms with Gasteiger partial charge in [0.05, 0.1) is 18.2 Å². The molecule has 0 bridgehead atoms. The number of amides is 3. The molecule has 1 fully saturated rings. The predicted octanol–water partition coefficient (Wildman–Crippen LogP) is 4.43. The van der Waals surface area contributed by atoms with Crippen LogP contribution in [-0.2, 0) is 11.2 Å². The molecule has 0 aromatic heterocycles. The molecule has 2 unspecified atom stereocenters. The van der Waals surface area contributed by atoms with Gasteiger partial charge >= 0.3 is 6.03 Å². The maximum atomic E-state index is 13.4. The molecular formula is C25H30ClN3O3. The van der Waals surface area contributed by atoms with E-state index in [-0.39, 0.29) is 24.0 Å². The van der Waals surface area contributed by atoms with Crippen molar-refractivity contribution in [2.45, 2.75) is 39.2 Å². The van der Waals surface area contributed by atoms with E-state index in [2.05, 4.69) is 5.32 Å². The molecular weight excluding hydrogens is 426 g/mol. The number of hydrogen-bond donors (Lipinski definition) is 1. The lowest BCUT2D eigenvalue weighted by Crippen LogP contribution is -2.53. The Hall–Kier alpha value is -2.73. The number of carbonyl (C=O) groups excluding carboxylic acids is 2. The SMILES string of the molecule is Cc1ccc2c(c1)N(C(=O)N1CCCC(C(=O)NCCc3ccc(Cl)cc3)C1)CC(C)O2. The number of rotatable bonds is 4. The second-order valence-corrected chi connectivity index (χ2v) is 9.18. The number of hydrogen-bond acceptors (Lipinski definition) is 3. The Kier molecular flexibility index (Phi) is 6.89. The topological polar surface area (TPSA) is 61.9 Å². The molecule has 6 nitrogen and oxygen atoms in total. The van der Waals surface area contributed by atoms with Gasteiger partial charge in [0.15, 0.2) is 0 Å². The van der Waals surface area contributed by atoms with Gasteiger partial charge in [0.25, 0.3) is 0 Å². The number of anilines is 1. The van der Waals surface area contributed by atoms with E-state index in [1.807, 2.05) is 61.2 Å². The highest BCUT2D eigenvalue weighted by atomic mass is 35.5. The van der Waals surface area contributed by atoms with Crippen molar-refractivity contribution in [1.29, 1.82) is 0 Å². The van der Waals surface area contributed by atoms with Crippen molar-refractivity contribution in [2.24, 2.45) is 5.92 Å². The predicted molar refractivity (Wildman–Crippen MR) is 126 cm³/mol. The first kappa shape index (κ1) is 22.5. The van der Waals surface area contributed by atoms with E-state index in [1.54, 1.807) is 4.90 Å². The zero-order valence-corrected chi connectivity index (χ0v) is 19.4. The van der Waals surface area contributed by atoms with Crippen LogP contribution in [0.2, 0.25) is 5.02 Å². The summed E-state index contributed by atoms with van der Waals surface area (Å²) in [7, 11) is 0. The van der Waals surface area contributed by atoms with Crippen LogP contribution in [0, 0.1) is 12.8 Å². The average molecular weight is 456 g/mol. The van der Waals surface area contributed by atoms with Crippen molar-refractivity contribution in [3.8, 4) is 5.75 Å². The molecule has 2 atom stereocenters. The summed E-state index contributed by atoms with van der Waals surface area (Å²) in [6.07, 6.45) is 2.29. The Morgan fingerprint density at radius 3 is 2.72 bits per heavy atom. The van der Waals surface area contributed by atoms with Crippen LogP contribution in [-0.4, -0.2) is 49.1 Å². The molecule has 1 N–H and O–H groups in total. The van der Waals surface area contributed by atoms with Gasteiger partial charge in [-0.15, -0.1) is 0 Å². The van der Waals surface area contributed by atoms with Gasteiger partial charge in [-0.1, -0.05) is 29.8 Å². The van der Waals surface area contributed by atoms with Crippen molar-refractivity contribution < 1.29 is 14.3 Å². The highest BCUT2D eigenvalue weighted by molar-refractivity contribution is 6.30. The van der Waals surface area contributed by atoms with Gasteiger partial charge in [0, 0.05) is 24.7 Å². The molecule has 2 aliphatic rings. The van der Waals surface area contributed by atoms with Crippen molar-refractivity contribution in [2.75, 3.05) is 31.1 Å². The van der Waals surface area contributed by atoms with Crippen LogP contribution in [0.15, 0.2) is 42.5 Å². The first-order chi connectivity index (χ1) is 15.4. The Morgan fingerprint density at radius 1 is 1.16 bits per heavy atom. The third kappa shape index (κ3) is 5.18. The number of nitrogens with zero attached hydrogens (tertiary/aromatic N) is 2. The maximum Gasteiger partial charge on any atom is 0.324 e. The highest BCUT2D eigenvalue weighted by Gasteiger charge is 2.34. The van der Waals surface area contributed by atoms with Crippen LogP contribution < -0.4 is 15.0 Å². The van der Waals surface area contributed by atoms with Gasteiger partial charge in [-0.25, -0.2) is 4.79 Å². The minimum absolute atomic E-state index is 0.0167. The lowest BCUT2D eigenvalue weighted by atomic mass is 9.97. The molecule has 0 radical (unpaired) electrons. The fourth-order valence-electron chi connectivity index (χ4n) is 4.39. The van der Waals surface area contributed by atoms with Crippen LogP contribution in [0.1, 0.15) is 30.9 Å². The van der Waals surface area contributed by atoms with Crippen LogP contribution in [0.25, 0.3) is 0 Å². The number of halogens is 1.